The Morgan fingerprint density at radius 2 is 1.66 bits per heavy atom. The van der Waals surface area contributed by atoms with Crippen molar-refractivity contribution in [2.45, 2.75) is 76.9 Å². The first-order chi connectivity index (χ1) is 15.3. The molecule has 32 heavy (non-hydrogen) atoms. The average molecular weight is 439 g/mol. The number of rotatable bonds is 10. The number of ether oxygens (including phenoxy) is 1. The summed E-state index contributed by atoms with van der Waals surface area (Å²) >= 11 is 0. The number of aryl methyl sites for hydroxylation is 2. The highest BCUT2D eigenvalue weighted by Crippen LogP contribution is 2.41. The molecule has 1 atom stereocenters. The minimum atomic E-state index is -0.875. The molecule has 1 saturated carbocycles. The zero-order valence-corrected chi connectivity index (χ0v) is 19.9. The molecule has 0 aromatic heterocycles. The molecule has 0 bridgehead atoms. The molecule has 0 aliphatic heterocycles. The van der Waals surface area contributed by atoms with Crippen LogP contribution in [0, 0.1) is 13.8 Å². The topological polar surface area (TPSA) is 69.9 Å². The van der Waals surface area contributed by atoms with Crippen LogP contribution in [-0.4, -0.2) is 40.2 Å². The molecule has 0 unspecified atom stereocenters. The van der Waals surface area contributed by atoms with Crippen LogP contribution >= 0.6 is 0 Å². The normalized spacial score (nSPS) is 16.7. The lowest BCUT2D eigenvalue weighted by atomic mass is 9.70. The summed E-state index contributed by atoms with van der Waals surface area (Å²) in [5.74, 6) is 0.730. The fourth-order valence-electron chi connectivity index (χ4n) is 4.69. The van der Waals surface area contributed by atoms with Crippen LogP contribution in [0.15, 0.2) is 42.5 Å². The summed E-state index contributed by atoms with van der Waals surface area (Å²) in [6.45, 7) is 8.39. The van der Waals surface area contributed by atoms with Crippen molar-refractivity contribution in [3.8, 4) is 5.75 Å². The second-order valence-corrected chi connectivity index (χ2v) is 9.28. The van der Waals surface area contributed by atoms with Gasteiger partial charge < -0.3 is 20.1 Å². The summed E-state index contributed by atoms with van der Waals surface area (Å²) in [6, 6.07) is 13.0. The number of hydrogen-bond donors (Lipinski definition) is 3. The fraction of sp³-hybridized carbons (Fsp3) is 0.500. The third-order valence-corrected chi connectivity index (χ3v) is 7.19. The van der Waals surface area contributed by atoms with E-state index in [1.807, 2.05) is 19.1 Å². The predicted molar refractivity (Wildman–Crippen MR) is 130 cm³/mol. The zero-order chi connectivity index (χ0) is 23.4. The Labute approximate surface area is 192 Å². The van der Waals surface area contributed by atoms with Crippen molar-refractivity contribution in [3.05, 3.63) is 70.3 Å². The van der Waals surface area contributed by atoms with E-state index in [1.54, 1.807) is 0 Å². The monoisotopic (exact) mass is 438 g/mol. The van der Waals surface area contributed by atoms with Gasteiger partial charge in [0, 0.05) is 5.41 Å². The summed E-state index contributed by atoms with van der Waals surface area (Å²) < 4.78 is 5.70. The molecule has 0 amide bonds. The lowest BCUT2D eigenvalue weighted by Crippen LogP contribution is -2.33. The Kier molecular flexibility index (Phi) is 7.81. The second-order valence-electron chi connectivity index (χ2n) is 9.28. The highest BCUT2D eigenvalue weighted by molar-refractivity contribution is 5.57. The van der Waals surface area contributed by atoms with Crippen molar-refractivity contribution in [3.63, 3.8) is 0 Å². The quantitative estimate of drug-likeness (QED) is 0.484. The van der Waals surface area contributed by atoms with Crippen molar-refractivity contribution in [1.82, 2.24) is 0 Å². The van der Waals surface area contributed by atoms with Gasteiger partial charge in [-0.3, -0.25) is 0 Å². The summed E-state index contributed by atoms with van der Waals surface area (Å²) in [5.41, 5.74) is 5.21. The van der Waals surface area contributed by atoms with Crippen molar-refractivity contribution in [1.29, 1.82) is 0 Å². The number of benzene rings is 2. The number of aliphatic hydroxyl groups excluding tert-OH is 2. The van der Waals surface area contributed by atoms with E-state index in [9.17, 15) is 10.2 Å². The van der Waals surface area contributed by atoms with E-state index in [1.165, 1.54) is 16.7 Å². The van der Waals surface area contributed by atoms with Gasteiger partial charge in [0.15, 0.2) is 0 Å². The highest BCUT2D eigenvalue weighted by atomic mass is 16.5. The van der Waals surface area contributed by atoms with Crippen LogP contribution in [0.4, 0.5) is 0 Å². The third kappa shape index (κ3) is 5.09. The Morgan fingerprint density at radius 1 is 1.03 bits per heavy atom. The summed E-state index contributed by atoms with van der Waals surface area (Å²) in [4.78, 5) is 0. The number of hydrogen-bond acceptors (Lipinski definition) is 4. The van der Waals surface area contributed by atoms with Crippen LogP contribution in [0.5, 0.6) is 5.75 Å². The SMILES string of the molecule is CCC(CC)(c1ccc(/C=C/C2(O)CCC2)c(C)c1)c1ccc(OC[C@@H](O)CO)c(C)c1. The van der Waals surface area contributed by atoms with Crippen molar-refractivity contribution in [2.75, 3.05) is 13.2 Å². The predicted octanol–water partition coefficient (Wildman–Crippen LogP) is 5.07. The molecule has 3 rings (SSSR count). The van der Waals surface area contributed by atoms with Crippen molar-refractivity contribution in [2.24, 2.45) is 0 Å². The molecule has 0 saturated heterocycles. The standard InChI is InChI=1S/C28H38O4/c1-5-28(6-2,24-10-11-26(21(4)17-24)32-19-25(30)18-29)23-9-8-22(20(3)16-23)12-15-27(31)13-7-14-27/h8-12,15-17,25,29-31H,5-7,13-14,18-19H2,1-4H3/b15-12+/t25-/m0/s1. The molecule has 2 aromatic carbocycles. The van der Waals surface area contributed by atoms with E-state index in [0.717, 1.165) is 49.0 Å². The van der Waals surface area contributed by atoms with Crippen LogP contribution in [0.3, 0.4) is 0 Å². The number of aliphatic hydroxyl groups is 3. The van der Waals surface area contributed by atoms with Crippen LogP contribution in [-0.2, 0) is 5.41 Å². The first-order valence-corrected chi connectivity index (χ1v) is 11.8. The average Bonchev–Trinajstić information content (AvgIpc) is 2.77. The van der Waals surface area contributed by atoms with Gasteiger partial charge in [-0.1, -0.05) is 56.3 Å². The van der Waals surface area contributed by atoms with E-state index in [2.05, 4.69) is 57.2 Å². The molecule has 1 fully saturated rings. The van der Waals surface area contributed by atoms with Gasteiger partial charge in [0.25, 0.3) is 0 Å². The van der Waals surface area contributed by atoms with Gasteiger partial charge in [0.1, 0.15) is 18.5 Å². The minimum absolute atomic E-state index is 0.0761. The van der Waals surface area contributed by atoms with Gasteiger partial charge in [-0.05, 0) is 79.8 Å². The molecule has 174 valence electrons. The molecular formula is C28H38O4. The molecule has 0 heterocycles. The molecule has 4 heteroatoms. The van der Waals surface area contributed by atoms with E-state index >= 15 is 0 Å². The molecule has 4 nitrogen and oxygen atoms in total. The van der Waals surface area contributed by atoms with E-state index in [0.29, 0.717) is 0 Å². The Bertz CT molecular complexity index is 938. The van der Waals surface area contributed by atoms with Crippen LogP contribution in [0.25, 0.3) is 6.08 Å². The van der Waals surface area contributed by atoms with Gasteiger partial charge in [-0.15, -0.1) is 0 Å². The summed E-state index contributed by atoms with van der Waals surface area (Å²) in [6.07, 6.45) is 7.90. The van der Waals surface area contributed by atoms with Crippen molar-refractivity contribution >= 4 is 6.08 Å². The third-order valence-electron chi connectivity index (χ3n) is 7.19. The van der Waals surface area contributed by atoms with E-state index < -0.39 is 11.7 Å². The van der Waals surface area contributed by atoms with Crippen LogP contribution < -0.4 is 4.74 Å². The van der Waals surface area contributed by atoms with Gasteiger partial charge in [0.05, 0.1) is 12.2 Å². The molecule has 0 radical (unpaired) electrons. The van der Waals surface area contributed by atoms with Crippen LogP contribution in [0.2, 0.25) is 0 Å². The lowest BCUT2D eigenvalue weighted by molar-refractivity contribution is 0.0150. The maximum Gasteiger partial charge on any atom is 0.122 e. The fourth-order valence-corrected chi connectivity index (χ4v) is 4.69. The van der Waals surface area contributed by atoms with Gasteiger partial charge >= 0.3 is 0 Å². The Balaban J connectivity index is 1.89. The molecule has 0 spiro atoms. The maximum atomic E-state index is 10.4. The summed E-state index contributed by atoms with van der Waals surface area (Å²) in [5, 5.41) is 29.0. The van der Waals surface area contributed by atoms with Crippen molar-refractivity contribution < 1.29 is 20.1 Å². The highest BCUT2D eigenvalue weighted by Gasteiger charge is 2.32. The van der Waals surface area contributed by atoms with Crippen LogP contribution in [0.1, 0.15) is 73.8 Å². The van der Waals surface area contributed by atoms with E-state index in [-0.39, 0.29) is 18.6 Å². The molecule has 3 N–H and O–H groups in total. The van der Waals surface area contributed by atoms with Gasteiger partial charge in [-0.2, -0.15) is 0 Å². The molecule has 1 aliphatic carbocycles. The zero-order valence-electron chi connectivity index (χ0n) is 19.9. The van der Waals surface area contributed by atoms with Gasteiger partial charge in [-0.25, -0.2) is 0 Å². The molecule has 1 aliphatic rings. The Morgan fingerprint density at radius 3 is 2.16 bits per heavy atom. The minimum Gasteiger partial charge on any atom is -0.491 e. The van der Waals surface area contributed by atoms with E-state index in [4.69, 9.17) is 9.84 Å². The maximum absolute atomic E-state index is 10.4. The smallest absolute Gasteiger partial charge is 0.122 e. The van der Waals surface area contributed by atoms with Gasteiger partial charge in [0.2, 0.25) is 0 Å². The molecule has 2 aromatic rings. The lowest BCUT2D eigenvalue weighted by Gasteiger charge is -2.34. The summed E-state index contributed by atoms with van der Waals surface area (Å²) in [7, 11) is 0. The Hall–Kier alpha value is -2.14. The first kappa shape index (κ1) is 24.5. The molecular weight excluding hydrogens is 400 g/mol. The first-order valence-electron chi connectivity index (χ1n) is 11.8. The second kappa shape index (κ2) is 10.2. The largest absolute Gasteiger partial charge is 0.491 e.